The molecule has 0 unspecified atom stereocenters. The third-order valence-corrected chi connectivity index (χ3v) is 2.91. The molecule has 1 rings (SSSR count). The molecule has 1 aromatic carbocycles. The van der Waals surface area contributed by atoms with Crippen LogP contribution in [-0.4, -0.2) is 12.3 Å². The summed E-state index contributed by atoms with van der Waals surface area (Å²) in [5, 5.41) is 0. The molecule has 0 amide bonds. The molecule has 0 atom stereocenters. The lowest BCUT2D eigenvalue weighted by Crippen LogP contribution is -2.01. The molecule has 0 fully saturated rings. The van der Waals surface area contributed by atoms with Crippen LogP contribution in [0.5, 0.6) is 0 Å². The highest BCUT2D eigenvalue weighted by Gasteiger charge is 1.97. The van der Waals surface area contributed by atoms with Crippen LogP contribution < -0.4 is 5.73 Å². The van der Waals surface area contributed by atoms with Gasteiger partial charge in [-0.1, -0.05) is 17.7 Å². The number of rotatable bonds is 3. The fraction of sp³-hybridized carbons (Fsp3) is 0.400. The normalized spacial score (nSPS) is 10.2. The van der Waals surface area contributed by atoms with Gasteiger partial charge in [0.15, 0.2) is 0 Å². The lowest BCUT2D eigenvalue weighted by Gasteiger charge is -2.04. The van der Waals surface area contributed by atoms with Crippen LogP contribution in [0.15, 0.2) is 23.1 Å². The van der Waals surface area contributed by atoms with Crippen LogP contribution in [0, 0.1) is 13.8 Å². The second kappa shape index (κ2) is 4.53. The van der Waals surface area contributed by atoms with E-state index in [2.05, 4.69) is 32.0 Å². The Kier molecular flexibility index (Phi) is 3.63. The molecule has 0 bridgehead atoms. The highest BCUT2D eigenvalue weighted by molar-refractivity contribution is 7.99. The van der Waals surface area contributed by atoms with Crippen molar-refractivity contribution >= 4 is 11.8 Å². The number of hydrogen-bond donors (Lipinski definition) is 1. The van der Waals surface area contributed by atoms with Gasteiger partial charge >= 0.3 is 0 Å². The van der Waals surface area contributed by atoms with Crippen molar-refractivity contribution in [1.29, 1.82) is 0 Å². The third-order valence-electron chi connectivity index (χ3n) is 1.72. The van der Waals surface area contributed by atoms with E-state index < -0.39 is 0 Å². The summed E-state index contributed by atoms with van der Waals surface area (Å²) >= 11 is 1.84. The largest absolute Gasteiger partial charge is 0.330 e. The number of aryl methyl sites for hydroxylation is 2. The summed E-state index contributed by atoms with van der Waals surface area (Å²) in [4.78, 5) is 1.36. The van der Waals surface area contributed by atoms with E-state index in [-0.39, 0.29) is 0 Å². The Morgan fingerprint density at radius 1 is 1.33 bits per heavy atom. The number of nitrogens with two attached hydrogens (primary N) is 1. The van der Waals surface area contributed by atoms with Gasteiger partial charge in [-0.25, -0.2) is 0 Å². The Balaban J connectivity index is 2.75. The van der Waals surface area contributed by atoms with Crippen molar-refractivity contribution < 1.29 is 0 Å². The predicted octanol–water partition coefficient (Wildman–Crippen LogP) is 2.35. The van der Waals surface area contributed by atoms with Crippen molar-refractivity contribution in [2.45, 2.75) is 18.7 Å². The molecule has 12 heavy (non-hydrogen) atoms. The zero-order chi connectivity index (χ0) is 8.97. The van der Waals surface area contributed by atoms with Crippen LogP contribution in [0.25, 0.3) is 0 Å². The molecule has 2 heteroatoms. The minimum atomic E-state index is 0.748. The Morgan fingerprint density at radius 2 is 2.08 bits per heavy atom. The molecule has 0 saturated carbocycles. The molecule has 0 saturated heterocycles. The highest BCUT2D eigenvalue weighted by atomic mass is 32.2. The summed E-state index contributed by atoms with van der Waals surface area (Å²) in [6.45, 7) is 5.00. The molecule has 0 radical (unpaired) electrons. The number of benzene rings is 1. The Hall–Kier alpha value is -0.470. The highest BCUT2D eigenvalue weighted by Crippen LogP contribution is 2.22. The first-order valence-electron chi connectivity index (χ1n) is 4.14. The molecule has 1 aromatic rings. The first-order valence-corrected chi connectivity index (χ1v) is 5.12. The van der Waals surface area contributed by atoms with E-state index in [1.165, 1.54) is 16.0 Å². The zero-order valence-electron chi connectivity index (χ0n) is 7.63. The summed E-state index contributed by atoms with van der Waals surface area (Å²) in [5.41, 5.74) is 8.11. The van der Waals surface area contributed by atoms with Crippen molar-refractivity contribution in [2.24, 2.45) is 5.73 Å². The average molecular weight is 181 g/mol. The molecule has 1 nitrogen and oxygen atoms in total. The predicted molar refractivity (Wildman–Crippen MR) is 55.7 cm³/mol. The zero-order valence-corrected chi connectivity index (χ0v) is 8.45. The van der Waals surface area contributed by atoms with Gasteiger partial charge in [-0.2, -0.15) is 0 Å². The van der Waals surface area contributed by atoms with E-state index in [0.717, 1.165) is 12.3 Å². The van der Waals surface area contributed by atoms with E-state index in [1.54, 1.807) is 0 Å². The Bertz CT molecular complexity index is 258. The van der Waals surface area contributed by atoms with Crippen molar-refractivity contribution in [3.63, 3.8) is 0 Å². The fourth-order valence-corrected chi connectivity index (χ4v) is 1.93. The molecule has 0 aliphatic rings. The first kappa shape index (κ1) is 9.62. The number of thioether (sulfide) groups is 1. The maximum absolute atomic E-state index is 5.44. The summed E-state index contributed by atoms with van der Waals surface area (Å²) < 4.78 is 0. The van der Waals surface area contributed by atoms with Crippen LogP contribution in [-0.2, 0) is 0 Å². The van der Waals surface area contributed by atoms with Crippen LogP contribution in [0.1, 0.15) is 11.1 Å². The summed E-state index contributed by atoms with van der Waals surface area (Å²) in [7, 11) is 0. The fourth-order valence-electron chi connectivity index (χ4n) is 1.03. The average Bonchev–Trinajstić information content (AvgIpc) is 2.07. The SMILES string of the molecule is Cc1ccc(C)c(SCCN)c1. The number of hydrogen-bond acceptors (Lipinski definition) is 2. The molecule has 0 aliphatic heterocycles. The quantitative estimate of drug-likeness (QED) is 0.724. The Labute approximate surface area is 78.4 Å². The van der Waals surface area contributed by atoms with Crippen molar-refractivity contribution in [2.75, 3.05) is 12.3 Å². The van der Waals surface area contributed by atoms with Gasteiger partial charge in [-0.15, -0.1) is 11.8 Å². The van der Waals surface area contributed by atoms with E-state index in [9.17, 15) is 0 Å². The molecular weight excluding hydrogens is 166 g/mol. The summed E-state index contributed by atoms with van der Waals surface area (Å²) in [6, 6.07) is 6.52. The van der Waals surface area contributed by atoms with E-state index in [4.69, 9.17) is 5.73 Å². The molecule has 0 aromatic heterocycles. The van der Waals surface area contributed by atoms with E-state index in [0.29, 0.717) is 0 Å². The lowest BCUT2D eigenvalue weighted by atomic mass is 10.2. The summed E-state index contributed by atoms with van der Waals surface area (Å²) in [6.07, 6.45) is 0. The molecular formula is C10H15NS. The van der Waals surface area contributed by atoms with E-state index in [1.807, 2.05) is 11.8 Å². The summed E-state index contributed by atoms with van der Waals surface area (Å²) in [5.74, 6) is 1.00. The standard InChI is InChI=1S/C10H15NS/c1-8-3-4-9(2)10(7-8)12-6-5-11/h3-4,7H,5-6,11H2,1-2H3. The minimum Gasteiger partial charge on any atom is -0.330 e. The third kappa shape index (κ3) is 2.54. The maximum Gasteiger partial charge on any atom is 0.0104 e. The van der Waals surface area contributed by atoms with Crippen LogP contribution in [0.3, 0.4) is 0 Å². The minimum absolute atomic E-state index is 0.748. The van der Waals surface area contributed by atoms with Crippen molar-refractivity contribution in [3.8, 4) is 0 Å². The second-order valence-corrected chi connectivity index (χ2v) is 4.04. The molecule has 2 N–H and O–H groups in total. The van der Waals surface area contributed by atoms with Gasteiger partial charge in [-0.3, -0.25) is 0 Å². The smallest absolute Gasteiger partial charge is 0.0104 e. The van der Waals surface area contributed by atoms with Gasteiger partial charge in [0, 0.05) is 17.2 Å². The van der Waals surface area contributed by atoms with Crippen molar-refractivity contribution in [3.05, 3.63) is 29.3 Å². The van der Waals surface area contributed by atoms with Crippen LogP contribution >= 0.6 is 11.8 Å². The van der Waals surface area contributed by atoms with Gasteiger partial charge in [0.05, 0.1) is 0 Å². The van der Waals surface area contributed by atoms with Gasteiger partial charge in [0.1, 0.15) is 0 Å². The molecule has 0 spiro atoms. The van der Waals surface area contributed by atoms with Crippen LogP contribution in [0.2, 0.25) is 0 Å². The Morgan fingerprint density at radius 3 is 2.75 bits per heavy atom. The van der Waals surface area contributed by atoms with Gasteiger partial charge in [-0.05, 0) is 25.5 Å². The molecule has 66 valence electrons. The van der Waals surface area contributed by atoms with Gasteiger partial charge in [0.2, 0.25) is 0 Å². The monoisotopic (exact) mass is 181 g/mol. The lowest BCUT2D eigenvalue weighted by molar-refractivity contribution is 1.14. The molecule has 0 aliphatic carbocycles. The first-order chi connectivity index (χ1) is 5.74. The second-order valence-electron chi connectivity index (χ2n) is 2.91. The van der Waals surface area contributed by atoms with Crippen LogP contribution in [0.4, 0.5) is 0 Å². The van der Waals surface area contributed by atoms with Crippen molar-refractivity contribution in [1.82, 2.24) is 0 Å². The van der Waals surface area contributed by atoms with Gasteiger partial charge < -0.3 is 5.73 Å². The van der Waals surface area contributed by atoms with E-state index >= 15 is 0 Å². The topological polar surface area (TPSA) is 26.0 Å². The van der Waals surface area contributed by atoms with Gasteiger partial charge in [0.25, 0.3) is 0 Å². The molecule has 0 heterocycles. The maximum atomic E-state index is 5.44.